The summed E-state index contributed by atoms with van der Waals surface area (Å²) in [6, 6.07) is 15.0. The fourth-order valence-corrected chi connectivity index (χ4v) is 3.12. The summed E-state index contributed by atoms with van der Waals surface area (Å²) in [5.41, 5.74) is 3.40. The molecule has 0 amide bonds. The monoisotopic (exact) mass is 333 g/mol. The van der Waals surface area contributed by atoms with Gasteiger partial charge < -0.3 is 4.74 Å². The van der Waals surface area contributed by atoms with Crippen LogP contribution in [0.2, 0.25) is 0 Å². The molecular weight excluding hydrogens is 310 g/mol. The molecule has 0 aliphatic heterocycles. The molecule has 0 fully saturated rings. The van der Waals surface area contributed by atoms with Gasteiger partial charge in [-0.25, -0.2) is 13.1 Å². The van der Waals surface area contributed by atoms with Crippen molar-refractivity contribution in [3.63, 3.8) is 0 Å². The van der Waals surface area contributed by atoms with Crippen LogP contribution >= 0.6 is 0 Å². The minimum absolute atomic E-state index is 0.254. The van der Waals surface area contributed by atoms with E-state index in [9.17, 15) is 8.42 Å². The first-order valence-electron chi connectivity index (χ1n) is 7.73. The maximum atomic E-state index is 12.1. The van der Waals surface area contributed by atoms with E-state index in [1.807, 2.05) is 50.2 Å². The SMILES string of the molecule is CCc1ccc(S(=O)(=O)NCCOCc2ccc(C)cc2)cc1. The normalized spacial score (nSPS) is 11.6. The van der Waals surface area contributed by atoms with Crippen LogP contribution in [0.5, 0.6) is 0 Å². The minimum atomic E-state index is -3.47. The fraction of sp³-hybridized carbons (Fsp3) is 0.333. The molecule has 1 N–H and O–H groups in total. The van der Waals surface area contributed by atoms with Crippen molar-refractivity contribution < 1.29 is 13.2 Å². The number of benzene rings is 2. The molecule has 23 heavy (non-hydrogen) atoms. The van der Waals surface area contributed by atoms with Crippen LogP contribution in [-0.2, 0) is 27.8 Å². The Balaban J connectivity index is 1.77. The molecule has 0 aliphatic rings. The molecule has 0 saturated heterocycles. The van der Waals surface area contributed by atoms with Crippen molar-refractivity contribution in [2.45, 2.75) is 31.8 Å². The van der Waals surface area contributed by atoms with E-state index in [2.05, 4.69) is 4.72 Å². The van der Waals surface area contributed by atoms with Gasteiger partial charge in [0, 0.05) is 6.54 Å². The smallest absolute Gasteiger partial charge is 0.240 e. The van der Waals surface area contributed by atoms with E-state index in [-0.39, 0.29) is 11.4 Å². The van der Waals surface area contributed by atoms with Crippen LogP contribution in [-0.4, -0.2) is 21.6 Å². The van der Waals surface area contributed by atoms with Gasteiger partial charge in [0.05, 0.1) is 18.1 Å². The van der Waals surface area contributed by atoms with E-state index in [1.54, 1.807) is 12.1 Å². The molecule has 0 radical (unpaired) electrons. The van der Waals surface area contributed by atoms with Crippen LogP contribution in [0.25, 0.3) is 0 Å². The van der Waals surface area contributed by atoms with E-state index < -0.39 is 10.0 Å². The summed E-state index contributed by atoms with van der Waals surface area (Å²) in [5.74, 6) is 0. The van der Waals surface area contributed by atoms with Crippen molar-refractivity contribution >= 4 is 10.0 Å². The molecule has 2 aromatic carbocycles. The summed E-state index contributed by atoms with van der Waals surface area (Å²) in [4.78, 5) is 0.285. The van der Waals surface area contributed by atoms with Crippen LogP contribution in [0.15, 0.2) is 53.4 Å². The Hall–Kier alpha value is -1.69. The average Bonchev–Trinajstić information content (AvgIpc) is 2.56. The van der Waals surface area contributed by atoms with Gasteiger partial charge in [-0.1, -0.05) is 48.9 Å². The van der Waals surface area contributed by atoms with Crippen LogP contribution in [0.4, 0.5) is 0 Å². The number of sulfonamides is 1. The van der Waals surface area contributed by atoms with Gasteiger partial charge in [-0.15, -0.1) is 0 Å². The summed E-state index contributed by atoms with van der Waals surface area (Å²) in [6.07, 6.45) is 0.889. The second-order valence-corrected chi connectivity index (χ2v) is 7.20. The van der Waals surface area contributed by atoms with Crippen LogP contribution in [0.1, 0.15) is 23.6 Å². The standard InChI is InChI=1S/C18H23NO3S/c1-3-16-8-10-18(11-9-16)23(20,21)19-12-13-22-14-17-6-4-15(2)5-7-17/h4-11,19H,3,12-14H2,1-2H3. The Labute approximate surface area is 138 Å². The van der Waals surface area contributed by atoms with Gasteiger partial charge in [0.2, 0.25) is 10.0 Å². The van der Waals surface area contributed by atoms with E-state index in [4.69, 9.17) is 4.74 Å². The third-order valence-electron chi connectivity index (χ3n) is 3.57. The third kappa shape index (κ3) is 5.46. The summed E-state index contributed by atoms with van der Waals surface area (Å²) in [6.45, 7) is 5.14. The Morgan fingerprint density at radius 1 is 0.957 bits per heavy atom. The van der Waals surface area contributed by atoms with E-state index in [0.29, 0.717) is 13.2 Å². The molecule has 124 valence electrons. The van der Waals surface area contributed by atoms with E-state index in [0.717, 1.165) is 17.5 Å². The lowest BCUT2D eigenvalue weighted by Gasteiger charge is -2.08. The molecule has 0 atom stereocenters. The van der Waals surface area contributed by atoms with Crippen molar-refractivity contribution in [2.24, 2.45) is 0 Å². The highest BCUT2D eigenvalue weighted by atomic mass is 32.2. The average molecular weight is 333 g/mol. The van der Waals surface area contributed by atoms with E-state index >= 15 is 0 Å². The van der Waals surface area contributed by atoms with Gasteiger partial charge in [-0.3, -0.25) is 0 Å². The topological polar surface area (TPSA) is 55.4 Å². The Morgan fingerprint density at radius 3 is 2.17 bits per heavy atom. The first kappa shape index (κ1) is 17.7. The molecule has 0 aliphatic carbocycles. The van der Waals surface area contributed by atoms with Crippen molar-refractivity contribution in [3.05, 3.63) is 65.2 Å². The van der Waals surface area contributed by atoms with Gasteiger partial charge in [0.25, 0.3) is 0 Å². The maximum Gasteiger partial charge on any atom is 0.240 e. The van der Waals surface area contributed by atoms with Gasteiger partial charge in [-0.05, 0) is 36.6 Å². The maximum absolute atomic E-state index is 12.1. The summed E-state index contributed by atoms with van der Waals surface area (Å²) < 4.78 is 32.3. The quantitative estimate of drug-likeness (QED) is 0.756. The lowest BCUT2D eigenvalue weighted by Crippen LogP contribution is -2.27. The fourth-order valence-electron chi connectivity index (χ4n) is 2.11. The largest absolute Gasteiger partial charge is 0.375 e. The third-order valence-corrected chi connectivity index (χ3v) is 5.05. The summed E-state index contributed by atoms with van der Waals surface area (Å²) in [5, 5.41) is 0. The van der Waals surface area contributed by atoms with Gasteiger partial charge >= 0.3 is 0 Å². The Kier molecular flexibility index (Phi) is 6.33. The first-order valence-corrected chi connectivity index (χ1v) is 9.21. The zero-order chi connectivity index (χ0) is 16.7. The predicted octanol–water partition coefficient (Wildman–Crippen LogP) is 3.05. The lowest BCUT2D eigenvalue weighted by molar-refractivity contribution is 0.126. The molecule has 4 nitrogen and oxygen atoms in total. The molecule has 2 rings (SSSR count). The van der Waals surface area contributed by atoms with Crippen molar-refractivity contribution in [1.29, 1.82) is 0 Å². The number of aryl methyl sites for hydroxylation is 2. The molecule has 5 heteroatoms. The highest BCUT2D eigenvalue weighted by Crippen LogP contribution is 2.10. The Morgan fingerprint density at radius 2 is 1.57 bits per heavy atom. The number of ether oxygens (including phenoxy) is 1. The number of rotatable bonds is 8. The zero-order valence-corrected chi connectivity index (χ0v) is 14.4. The summed E-state index contributed by atoms with van der Waals surface area (Å²) >= 11 is 0. The number of nitrogens with one attached hydrogen (secondary N) is 1. The highest BCUT2D eigenvalue weighted by Gasteiger charge is 2.12. The zero-order valence-electron chi connectivity index (χ0n) is 13.6. The molecule has 0 bridgehead atoms. The summed E-state index contributed by atoms with van der Waals surface area (Å²) in [7, 11) is -3.47. The van der Waals surface area contributed by atoms with Gasteiger partial charge in [0.1, 0.15) is 0 Å². The van der Waals surface area contributed by atoms with Crippen LogP contribution in [0.3, 0.4) is 0 Å². The molecule has 2 aromatic rings. The number of hydrogen-bond acceptors (Lipinski definition) is 3. The first-order chi connectivity index (χ1) is 11.0. The van der Waals surface area contributed by atoms with Gasteiger partial charge in [-0.2, -0.15) is 0 Å². The lowest BCUT2D eigenvalue weighted by atomic mass is 10.2. The minimum Gasteiger partial charge on any atom is -0.375 e. The number of hydrogen-bond donors (Lipinski definition) is 1. The molecular formula is C18H23NO3S. The van der Waals surface area contributed by atoms with Gasteiger partial charge in [0.15, 0.2) is 0 Å². The predicted molar refractivity (Wildman–Crippen MR) is 91.8 cm³/mol. The molecule has 0 saturated carbocycles. The molecule has 0 heterocycles. The van der Waals surface area contributed by atoms with Crippen molar-refractivity contribution in [1.82, 2.24) is 4.72 Å². The highest BCUT2D eigenvalue weighted by molar-refractivity contribution is 7.89. The van der Waals surface area contributed by atoms with Crippen LogP contribution < -0.4 is 4.72 Å². The van der Waals surface area contributed by atoms with Crippen LogP contribution in [0, 0.1) is 6.92 Å². The van der Waals surface area contributed by atoms with E-state index in [1.165, 1.54) is 5.56 Å². The Bertz CT molecular complexity index is 707. The molecule has 0 aromatic heterocycles. The molecule has 0 unspecified atom stereocenters. The molecule has 0 spiro atoms. The second-order valence-electron chi connectivity index (χ2n) is 5.43. The van der Waals surface area contributed by atoms with Crippen molar-refractivity contribution in [3.8, 4) is 0 Å². The van der Waals surface area contributed by atoms with Crippen molar-refractivity contribution in [2.75, 3.05) is 13.2 Å². The second kappa shape index (κ2) is 8.24.